The van der Waals surface area contributed by atoms with Gasteiger partial charge in [-0.1, -0.05) is 18.2 Å². The van der Waals surface area contributed by atoms with Crippen LogP contribution < -0.4 is 14.8 Å². The molecule has 1 N–H and O–H groups in total. The number of rotatable bonds is 8. The average molecular weight is 414 g/mol. The summed E-state index contributed by atoms with van der Waals surface area (Å²) in [6.07, 6.45) is 0.752. The normalized spacial score (nSPS) is 13.4. The number of fused-ring (bicyclic) bond motifs is 1. The molecule has 160 valence electrons. The maximum Gasteiger partial charge on any atom is 0.242 e. The zero-order valence-corrected chi connectivity index (χ0v) is 17.3. The van der Waals surface area contributed by atoms with Gasteiger partial charge in [0.2, 0.25) is 11.8 Å². The number of carbonyl (C=O) groups is 2. The number of ether oxygens (including phenoxy) is 2. The van der Waals surface area contributed by atoms with E-state index in [0.717, 1.165) is 11.1 Å². The Morgan fingerprint density at radius 2 is 1.73 bits per heavy atom. The minimum atomic E-state index is -0.636. The van der Waals surface area contributed by atoms with Crippen LogP contribution >= 0.6 is 0 Å². The van der Waals surface area contributed by atoms with Crippen molar-refractivity contribution in [2.75, 3.05) is 19.8 Å². The molecular weight excluding hydrogens is 387 g/mol. The van der Waals surface area contributed by atoms with Crippen LogP contribution in [0.2, 0.25) is 0 Å². The Labute approximate surface area is 176 Å². The molecule has 0 fully saturated rings. The maximum atomic E-state index is 13.2. The van der Waals surface area contributed by atoms with Crippen molar-refractivity contribution in [3.05, 3.63) is 59.4 Å². The van der Waals surface area contributed by atoms with E-state index in [1.807, 2.05) is 25.1 Å². The number of carbonyl (C=O) groups excluding carboxylic acids is 2. The topological polar surface area (TPSA) is 67.9 Å². The molecule has 6 nitrogen and oxygen atoms in total. The van der Waals surface area contributed by atoms with Crippen molar-refractivity contribution < 1.29 is 23.5 Å². The zero-order valence-electron chi connectivity index (χ0n) is 17.3. The van der Waals surface area contributed by atoms with Crippen molar-refractivity contribution in [1.82, 2.24) is 10.2 Å². The third kappa shape index (κ3) is 5.49. The number of likely N-dealkylation sites (N-methyl/N-ethyl adjacent to an activating group) is 1. The van der Waals surface area contributed by atoms with Crippen LogP contribution in [-0.2, 0) is 22.6 Å². The SMILES string of the molecule is CCNC(=O)[C@H](C)N(Cc1ccc(F)cc1)C(=O)CCc1ccc2c(c1)OCCO2. The molecule has 2 aromatic rings. The predicted molar refractivity (Wildman–Crippen MR) is 111 cm³/mol. The molecule has 7 heteroatoms. The van der Waals surface area contributed by atoms with Crippen LogP contribution in [0.3, 0.4) is 0 Å². The van der Waals surface area contributed by atoms with Crippen LogP contribution in [0.15, 0.2) is 42.5 Å². The molecule has 0 spiro atoms. The summed E-state index contributed by atoms with van der Waals surface area (Å²) in [6.45, 7) is 5.29. The van der Waals surface area contributed by atoms with Gasteiger partial charge in [-0.3, -0.25) is 9.59 Å². The molecule has 2 amide bonds. The van der Waals surface area contributed by atoms with E-state index >= 15 is 0 Å². The first kappa shape index (κ1) is 21.6. The molecular formula is C23H27FN2O4. The highest BCUT2D eigenvalue weighted by molar-refractivity contribution is 5.87. The van der Waals surface area contributed by atoms with Gasteiger partial charge in [0, 0.05) is 19.5 Å². The molecule has 0 saturated carbocycles. The standard InChI is InChI=1S/C23H27FN2O4/c1-3-25-23(28)16(2)26(15-18-4-8-19(24)9-5-18)22(27)11-7-17-6-10-20-21(14-17)30-13-12-29-20/h4-6,8-10,14,16H,3,7,11-13,15H2,1-2H3,(H,25,28)/t16-/m0/s1. The molecule has 0 aliphatic carbocycles. The maximum absolute atomic E-state index is 13.2. The smallest absolute Gasteiger partial charge is 0.242 e. The second kappa shape index (κ2) is 10.1. The van der Waals surface area contributed by atoms with E-state index < -0.39 is 6.04 Å². The summed E-state index contributed by atoms with van der Waals surface area (Å²) in [5.74, 6) is 0.691. The lowest BCUT2D eigenvalue weighted by atomic mass is 10.1. The first-order valence-electron chi connectivity index (χ1n) is 10.2. The van der Waals surface area contributed by atoms with E-state index in [1.54, 1.807) is 19.1 Å². The monoisotopic (exact) mass is 414 g/mol. The quantitative estimate of drug-likeness (QED) is 0.721. The summed E-state index contributed by atoms with van der Waals surface area (Å²) in [5.41, 5.74) is 1.72. The Kier molecular flexibility index (Phi) is 7.27. The summed E-state index contributed by atoms with van der Waals surface area (Å²) >= 11 is 0. The molecule has 0 aromatic heterocycles. The Morgan fingerprint density at radius 1 is 1.07 bits per heavy atom. The second-order valence-corrected chi connectivity index (χ2v) is 7.20. The Bertz CT molecular complexity index is 885. The molecule has 0 saturated heterocycles. The Balaban J connectivity index is 1.70. The molecule has 0 unspecified atom stereocenters. The van der Waals surface area contributed by atoms with Crippen LogP contribution in [-0.4, -0.2) is 42.5 Å². The van der Waals surface area contributed by atoms with E-state index in [4.69, 9.17) is 9.47 Å². The van der Waals surface area contributed by atoms with Crippen molar-refractivity contribution in [3.63, 3.8) is 0 Å². The van der Waals surface area contributed by atoms with Crippen LogP contribution in [0, 0.1) is 5.82 Å². The van der Waals surface area contributed by atoms with Gasteiger partial charge in [0.05, 0.1) is 0 Å². The highest BCUT2D eigenvalue weighted by Gasteiger charge is 2.25. The lowest BCUT2D eigenvalue weighted by Crippen LogP contribution is -2.47. The van der Waals surface area contributed by atoms with Crippen molar-refractivity contribution in [1.29, 1.82) is 0 Å². The Hall–Kier alpha value is -3.09. The summed E-state index contributed by atoms with van der Waals surface area (Å²) in [6, 6.07) is 11.0. The van der Waals surface area contributed by atoms with Gasteiger partial charge in [-0.25, -0.2) is 4.39 Å². The van der Waals surface area contributed by atoms with Crippen LogP contribution in [0.25, 0.3) is 0 Å². The van der Waals surface area contributed by atoms with Crippen LogP contribution in [0.4, 0.5) is 4.39 Å². The minimum absolute atomic E-state index is 0.145. The van der Waals surface area contributed by atoms with E-state index in [9.17, 15) is 14.0 Å². The van der Waals surface area contributed by atoms with Gasteiger partial charge in [-0.05, 0) is 55.7 Å². The van der Waals surface area contributed by atoms with Crippen molar-refractivity contribution in [2.45, 2.75) is 39.3 Å². The zero-order chi connectivity index (χ0) is 21.5. The highest BCUT2D eigenvalue weighted by Crippen LogP contribution is 2.31. The number of benzene rings is 2. The van der Waals surface area contributed by atoms with Crippen molar-refractivity contribution in [2.24, 2.45) is 0 Å². The van der Waals surface area contributed by atoms with Crippen LogP contribution in [0.1, 0.15) is 31.4 Å². The fourth-order valence-electron chi connectivity index (χ4n) is 3.33. The van der Waals surface area contributed by atoms with Gasteiger partial charge < -0.3 is 19.7 Å². The fraction of sp³-hybridized carbons (Fsp3) is 0.391. The van der Waals surface area contributed by atoms with E-state index in [-0.39, 0.29) is 30.6 Å². The number of nitrogens with one attached hydrogen (secondary N) is 1. The largest absolute Gasteiger partial charge is 0.486 e. The number of aryl methyl sites for hydroxylation is 1. The molecule has 1 aliphatic heterocycles. The Morgan fingerprint density at radius 3 is 2.43 bits per heavy atom. The predicted octanol–water partition coefficient (Wildman–Crippen LogP) is 3.08. The van der Waals surface area contributed by atoms with Gasteiger partial charge in [0.25, 0.3) is 0 Å². The molecule has 1 heterocycles. The molecule has 1 aliphatic rings. The van der Waals surface area contributed by atoms with Crippen molar-refractivity contribution in [3.8, 4) is 11.5 Å². The first-order valence-corrected chi connectivity index (χ1v) is 10.2. The van der Waals surface area contributed by atoms with Gasteiger partial charge in [-0.15, -0.1) is 0 Å². The number of amides is 2. The minimum Gasteiger partial charge on any atom is -0.486 e. The third-order valence-electron chi connectivity index (χ3n) is 5.02. The lowest BCUT2D eigenvalue weighted by Gasteiger charge is -2.29. The molecule has 0 bridgehead atoms. The average Bonchev–Trinajstić information content (AvgIpc) is 2.76. The number of hydrogen-bond acceptors (Lipinski definition) is 4. The van der Waals surface area contributed by atoms with Crippen LogP contribution in [0.5, 0.6) is 11.5 Å². The van der Waals surface area contributed by atoms with E-state index in [1.165, 1.54) is 17.0 Å². The highest BCUT2D eigenvalue weighted by atomic mass is 19.1. The summed E-state index contributed by atoms with van der Waals surface area (Å²) in [7, 11) is 0. The van der Waals surface area contributed by atoms with Gasteiger partial charge in [-0.2, -0.15) is 0 Å². The summed E-state index contributed by atoms with van der Waals surface area (Å²) in [5, 5.41) is 2.76. The fourth-order valence-corrected chi connectivity index (χ4v) is 3.33. The summed E-state index contributed by atoms with van der Waals surface area (Å²) < 4.78 is 24.4. The summed E-state index contributed by atoms with van der Waals surface area (Å²) in [4.78, 5) is 27.0. The van der Waals surface area contributed by atoms with Gasteiger partial charge >= 0.3 is 0 Å². The lowest BCUT2D eigenvalue weighted by molar-refractivity contribution is -0.140. The van der Waals surface area contributed by atoms with Crippen molar-refractivity contribution >= 4 is 11.8 Å². The number of halogens is 1. The van der Waals surface area contributed by atoms with E-state index in [0.29, 0.717) is 37.7 Å². The molecule has 2 aromatic carbocycles. The number of hydrogen-bond donors (Lipinski definition) is 1. The van der Waals surface area contributed by atoms with Gasteiger partial charge in [0.1, 0.15) is 25.1 Å². The van der Waals surface area contributed by atoms with E-state index in [2.05, 4.69) is 5.32 Å². The molecule has 30 heavy (non-hydrogen) atoms. The molecule has 3 rings (SSSR count). The molecule has 0 radical (unpaired) electrons. The number of nitrogens with zero attached hydrogens (tertiary/aromatic N) is 1. The second-order valence-electron chi connectivity index (χ2n) is 7.20. The molecule has 1 atom stereocenters. The van der Waals surface area contributed by atoms with Gasteiger partial charge in [0.15, 0.2) is 11.5 Å². The third-order valence-corrected chi connectivity index (χ3v) is 5.02. The first-order chi connectivity index (χ1) is 14.5.